The summed E-state index contributed by atoms with van der Waals surface area (Å²) in [6.07, 6.45) is 1.94. The van der Waals surface area contributed by atoms with E-state index in [0.29, 0.717) is 0 Å². The van der Waals surface area contributed by atoms with Crippen LogP contribution in [0.2, 0.25) is 0 Å². The molecule has 0 aliphatic rings. The van der Waals surface area contributed by atoms with Crippen LogP contribution in [0.3, 0.4) is 0 Å². The van der Waals surface area contributed by atoms with Gasteiger partial charge >= 0.3 is 0 Å². The van der Waals surface area contributed by atoms with Crippen molar-refractivity contribution >= 4 is 60.3 Å². The molecule has 2 heteroatoms. The number of rotatable bonds is 2. The minimum absolute atomic E-state index is 1.14. The molecule has 0 aliphatic carbocycles. The third-order valence-corrected chi connectivity index (χ3v) is 6.99. The van der Waals surface area contributed by atoms with Gasteiger partial charge in [-0.05, 0) is 45.1 Å². The first-order valence-electron chi connectivity index (χ1n) is 11.6. The first-order chi connectivity index (χ1) is 16.8. The van der Waals surface area contributed by atoms with Crippen LogP contribution in [0.15, 0.2) is 114 Å². The first kappa shape index (κ1) is 19.1. The van der Waals surface area contributed by atoms with Crippen LogP contribution in [-0.2, 0) is 0 Å². The standard InChI is InChI=1S/C32H22N2/c1-33-20-23-16-17-28(27-13-7-6-10-24(23)27)34-29-18-14-21-8-2-4-11-25(21)31(29)32-26-12-5-3-9-22(26)15-19-30(32)34/h2-20H,1H3. The van der Waals surface area contributed by atoms with E-state index in [4.69, 9.17) is 0 Å². The number of fused-ring (bicyclic) bond motifs is 8. The summed E-state index contributed by atoms with van der Waals surface area (Å²) in [5.74, 6) is 0. The zero-order valence-corrected chi connectivity index (χ0v) is 18.9. The molecule has 0 spiro atoms. The summed E-state index contributed by atoms with van der Waals surface area (Å²) in [6, 6.07) is 39.5. The lowest BCUT2D eigenvalue weighted by Crippen LogP contribution is -1.97. The Morgan fingerprint density at radius 1 is 0.529 bits per heavy atom. The monoisotopic (exact) mass is 434 g/mol. The lowest BCUT2D eigenvalue weighted by molar-refractivity contribution is 1.20. The molecule has 0 saturated heterocycles. The molecule has 0 N–H and O–H groups in total. The molecule has 1 aromatic heterocycles. The van der Waals surface area contributed by atoms with Crippen LogP contribution in [0.5, 0.6) is 0 Å². The Bertz CT molecular complexity index is 1830. The van der Waals surface area contributed by atoms with Gasteiger partial charge in [0.2, 0.25) is 0 Å². The van der Waals surface area contributed by atoms with Gasteiger partial charge in [0.25, 0.3) is 0 Å². The van der Waals surface area contributed by atoms with Gasteiger partial charge in [-0.3, -0.25) is 4.99 Å². The van der Waals surface area contributed by atoms with Crippen LogP contribution in [0.1, 0.15) is 5.56 Å². The molecule has 6 aromatic carbocycles. The summed E-state index contributed by atoms with van der Waals surface area (Å²) >= 11 is 0. The molecular formula is C32H22N2. The molecule has 7 rings (SSSR count). The second-order valence-corrected chi connectivity index (χ2v) is 8.80. The maximum absolute atomic E-state index is 4.28. The zero-order chi connectivity index (χ0) is 22.6. The Morgan fingerprint density at radius 3 is 1.65 bits per heavy atom. The summed E-state index contributed by atoms with van der Waals surface area (Å²) in [5, 5.41) is 10.2. The summed E-state index contributed by atoms with van der Waals surface area (Å²) in [4.78, 5) is 4.28. The van der Waals surface area contributed by atoms with Gasteiger partial charge in [-0.15, -0.1) is 0 Å². The van der Waals surface area contributed by atoms with Gasteiger partial charge in [0.15, 0.2) is 0 Å². The molecule has 0 fully saturated rings. The van der Waals surface area contributed by atoms with E-state index in [-0.39, 0.29) is 0 Å². The average Bonchev–Trinajstić information content (AvgIpc) is 3.24. The molecule has 0 saturated carbocycles. The fourth-order valence-corrected chi connectivity index (χ4v) is 5.56. The number of aromatic nitrogens is 1. The number of hydrogen-bond donors (Lipinski definition) is 0. The Balaban J connectivity index is 1.74. The molecule has 0 bridgehead atoms. The average molecular weight is 435 g/mol. The van der Waals surface area contributed by atoms with E-state index in [1.165, 1.54) is 59.8 Å². The van der Waals surface area contributed by atoms with E-state index < -0.39 is 0 Å². The molecule has 0 amide bonds. The van der Waals surface area contributed by atoms with Crippen molar-refractivity contribution in [3.8, 4) is 5.69 Å². The fourth-order valence-electron chi connectivity index (χ4n) is 5.56. The van der Waals surface area contributed by atoms with Crippen molar-refractivity contribution in [2.75, 3.05) is 7.05 Å². The largest absolute Gasteiger partial charge is 0.309 e. The van der Waals surface area contributed by atoms with E-state index in [9.17, 15) is 0 Å². The number of hydrogen-bond acceptors (Lipinski definition) is 1. The Hall–Kier alpha value is -4.43. The molecule has 7 aromatic rings. The van der Waals surface area contributed by atoms with Gasteiger partial charge in [0, 0.05) is 35.0 Å². The number of nitrogens with zero attached hydrogens (tertiary/aromatic N) is 2. The van der Waals surface area contributed by atoms with Crippen LogP contribution >= 0.6 is 0 Å². The van der Waals surface area contributed by atoms with Crippen molar-refractivity contribution in [3.05, 3.63) is 115 Å². The SMILES string of the molecule is CN=Cc1ccc(-n2c3ccc4ccccc4c3c3c4ccccc4ccc32)c2ccccc12. The second kappa shape index (κ2) is 7.29. The molecule has 0 unspecified atom stereocenters. The van der Waals surface area contributed by atoms with Gasteiger partial charge in [0.1, 0.15) is 0 Å². The van der Waals surface area contributed by atoms with Crippen LogP contribution in [0.4, 0.5) is 0 Å². The van der Waals surface area contributed by atoms with Crippen LogP contribution < -0.4 is 0 Å². The van der Waals surface area contributed by atoms with Gasteiger partial charge in [-0.1, -0.05) is 91.0 Å². The molecule has 0 aliphatic heterocycles. The first-order valence-corrected chi connectivity index (χ1v) is 11.6. The highest BCUT2D eigenvalue weighted by atomic mass is 15.0. The van der Waals surface area contributed by atoms with Crippen molar-refractivity contribution in [1.29, 1.82) is 0 Å². The lowest BCUT2D eigenvalue weighted by atomic mass is 10.00. The van der Waals surface area contributed by atoms with Crippen molar-refractivity contribution in [1.82, 2.24) is 4.57 Å². The minimum Gasteiger partial charge on any atom is -0.309 e. The third kappa shape index (κ3) is 2.60. The van der Waals surface area contributed by atoms with Gasteiger partial charge < -0.3 is 4.57 Å². The van der Waals surface area contributed by atoms with Crippen LogP contribution in [0.25, 0.3) is 59.8 Å². The van der Waals surface area contributed by atoms with Crippen molar-refractivity contribution in [3.63, 3.8) is 0 Å². The van der Waals surface area contributed by atoms with Crippen molar-refractivity contribution in [2.24, 2.45) is 4.99 Å². The van der Waals surface area contributed by atoms with E-state index in [0.717, 1.165) is 5.56 Å². The number of benzene rings is 6. The fraction of sp³-hybridized carbons (Fsp3) is 0.0312. The Kier molecular flexibility index (Phi) is 4.09. The smallest absolute Gasteiger partial charge is 0.0548 e. The highest BCUT2D eigenvalue weighted by Crippen LogP contribution is 2.41. The van der Waals surface area contributed by atoms with Gasteiger partial charge in [-0.2, -0.15) is 0 Å². The molecular weight excluding hydrogens is 412 g/mol. The van der Waals surface area contributed by atoms with Crippen LogP contribution in [-0.4, -0.2) is 17.8 Å². The van der Waals surface area contributed by atoms with E-state index >= 15 is 0 Å². The molecule has 0 atom stereocenters. The molecule has 0 radical (unpaired) electrons. The third-order valence-electron chi connectivity index (χ3n) is 6.99. The minimum atomic E-state index is 1.14. The lowest BCUT2D eigenvalue weighted by Gasteiger charge is -2.13. The van der Waals surface area contributed by atoms with Gasteiger partial charge in [0.05, 0.1) is 16.7 Å². The maximum Gasteiger partial charge on any atom is 0.0548 e. The predicted octanol–water partition coefficient (Wildman–Crippen LogP) is 8.29. The normalized spacial score (nSPS) is 12.1. The van der Waals surface area contributed by atoms with Crippen LogP contribution in [0, 0.1) is 0 Å². The predicted molar refractivity (Wildman–Crippen MR) is 147 cm³/mol. The van der Waals surface area contributed by atoms with Gasteiger partial charge in [-0.25, -0.2) is 0 Å². The van der Waals surface area contributed by atoms with E-state index in [1.807, 2.05) is 13.3 Å². The highest BCUT2D eigenvalue weighted by Gasteiger charge is 2.18. The zero-order valence-electron chi connectivity index (χ0n) is 18.9. The quantitative estimate of drug-likeness (QED) is 0.244. The summed E-state index contributed by atoms with van der Waals surface area (Å²) in [6.45, 7) is 0. The van der Waals surface area contributed by atoms with E-state index in [2.05, 4.69) is 119 Å². The molecule has 2 nitrogen and oxygen atoms in total. The Labute approximate surface area is 197 Å². The summed E-state index contributed by atoms with van der Waals surface area (Å²) in [7, 11) is 1.83. The molecule has 34 heavy (non-hydrogen) atoms. The number of aliphatic imine (C=N–C) groups is 1. The Morgan fingerprint density at radius 2 is 1.06 bits per heavy atom. The highest BCUT2D eigenvalue weighted by molar-refractivity contribution is 6.28. The second-order valence-electron chi connectivity index (χ2n) is 8.80. The molecule has 160 valence electrons. The summed E-state index contributed by atoms with van der Waals surface area (Å²) in [5.41, 5.74) is 4.78. The maximum atomic E-state index is 4.28. The van der Waals surface area contributed by atoms with Crippen molar-refractivity contribution in [2.45, 2.75) is 0 Å². The molecule has 1 heterocycles. The van der Waals surface area contributed by atoms with E-state index in [1.54, 1.807) is 0 Å². The van der Waals surface area contributed by atoms with Crippen molar-refractivity contribution < 1.29 is 0 Å². The topological polar surface area (TPSA) is 17.3 Å². The summed E-state index contributed by atoms with van der Waals surface area (Å²) < 4.78 is 2.44.